The van der Waals surface area contributed by atoms with Crippen LogP contribution in [0.1, 0.15) is 33.4 Å². The number of aromatic hydroxyl groups is 4. The van der Waals surface area contributed by atoms with Gasteiger partial charge in [0.15, 0.2) is 0 Å². The van der Waals surface area contributed by atoms with E-state index in [0.717, 1.165) is 33.4 Å². The number of rotatable bonds is 6. The van der Waals surface area contributed by atoms with Crippen LogP contribution >= 0.6 is 11.8 Å². The Bertz CT molecular complexity index is 1180. The molecule has 0 amide bonds. The third-order valence-corrected chi connectivity index (χ3v) is 6.54. The van der Waals surface area contributed by atoms with Crippen molar-refractivity contribution in [2.24, 2.45) is 0 Å². The summed E-state index contributed by atoms with van der Waals surface area (Å²) in [4.78, 5) is 1.36. The molecule has 0 radical (unpaired) electrons. The zero-order valence-electron chi connectivity index (χ0n) is 18.5. The van der Waals surface area contributed by atoms with Gasteiger partial charge in [0.2, 0.25) is 0 Å². The van der Waals surface area contributed by atoms with Crippen LogP contribution in [0.2, 0.25) is 0 Å². The minimum absolute atomic E-state index is 0.194. The summed E-state index contributed by atoms with van der Waals surface area (Å²) in [6.45, 7) is 3.96. The van der Waals surface area contributed by atoms with Crippen LogP contribution in [-0.2, 0) is 12.8 Å². The molecule has 0 saturated carbocycles. The highest BCUT2D eigenvalue weighted by atomic mass is 32.2. The normalized spacial score (nSPS) is 11.0. The number of hydrogen-bond acceptors (Lipinski definition) is 5. The zero-order chi connectivity index (χ0) is 23.5. The third kappa shape index (κ3) is 5.44. The monoisotopic (exact) mass is 458 g/mol. The Balaban J connectivity index is 1.64. The van der Waals surface area contributed by atoms with E-state index in [1.807, 2.05) is 62.4 Å². The molecule has 0 aliphatic carbocycles. The molecule has 0 aliphatic heterocycles. The van der Waals surface area contributed by atoms with Gasteiger partial charge in [0.25, 0.3) is 0 Å². The first-order valence-corrected chi connectivity index (χ1v) is 11.5. The molecule has 5 heteroatoms. The molecule has 0 bridgehead atoms. The standard InChI is InChI=1S/C28H26O4S/c1-17-11-21(15-19-3-7-23(29)8-4-19)27(31)25(13-17)33-26-14-18(2)12-22(28(26)32)16-20-5-9-24(30)10-6-20/h3-14,29-32H,15-16H2,1-2H3. The fraction of sp³-hybridized carbons (Fsp3) is 0.143. The van der Waals surface area contributed by atoms with E-state index in [-0.39, 0.29) is 23.0 Å². The minimum atomic E-state index is 0.194. The summed E-state index contributed by atoms with van der Waals surface area (Å²) < 4.78 is 0. The molecule has 168 valence electrons. The Morgan fingerprint density at radius 3 is 1.27 bits per heavy atom. The summed E-state index contributed by atoms with van der Waals surface area (Å²) in [5.74, 6) is 0.808. The predicted molar refractivity (Wildman–Crippen MR) is 132 cm³/mol. The van der Waals surface area contributed by atoms with Crippen LogP contribution in [0.15, 0.2) is 82.6 Å². The first-order chi connectivity index (χ1) is 15.8. The van der Waals surface area contributed by atoms with E-state index in [2.05, 4.69) is 0 Å². The van der Waals surface area contributed by atoms with Crippen molar-refractivity contribution in [1.82, 2.24) is 0 Å². The largest absolute Gasteiger partial charge is 0.508 e. The topological polar surface area (TPSA) is 80.9 Å². The summed E-state index contributed by atoms with van der Waals surface area (Å²) in [5.41, 5.74) is 5.58. The molecule has 0 aromatic heterocycles. The lowest BCUT2D eigenvalue weighted by atomic mass is 10.0. The van der Waals surface area contributed by atoms with Crippen molar-refractivity contribution in [2.45, 2.75) is 36.5 Å². The first kappa shape index (κ1) is 22.6. The van der Waals surface area contributed by atoms with Gasteiger partial charge in [0.05, 0.1) is 9.79 Å². The van der Waals surface area contributed by atoms with Gasteiger partial charge in [-0.05, 0) is 83.6 Å². The van der Waals surface area contributed by atoms with E-state index in [4.69, 9.17) is 0 Å². The Hall–Kier alpha value is -3.57. The van der Waals surface area contributed by atoms with Crippen molar-refractivity contribution in [1.29, 1.82) is 0 Å². The molecule has 0 saturated heterocycles. The van der Waals surface area contributed by atoms with Gasteiger partial charge in [-0.25, -0.2) is 0 Å². The van der Waals surface area contributed by atoms with Crippen molar-refractivity contribution in [3.8, 4) is 23.0 Å². The van der Waals surface area contributed by atoms with E-state index in [1.54, 1.807) is 24.3 Å². The van der Waals surface area contributed by atoms with E-state index in [0.29, 0.717) is 22.6 Å². The molecule has 4 N–H and O–H groups in total. The number of aryl methyl sites for hydroxylation is 2. The summed E-state index contributed by atoms with van der Waals surface area (Å²) in [6.07, 6.45) is 1.07. The molecule has 4 rings (SSSR count). The second kappa shape index (κ2) is 9.51. The number of benzene rings is 4. The van der Waals surface area contributed by atoms with Crippen molar-refractivity contribution < 1.29 is 20.4 Å². The van der Waals surface area contributed by atoms with E-state index < -0.39 is 0 Å². The first-order valence-electron chi connectivity index (χ1n) is 10.7. The average Bonchev–Trinajstić information content (AvgIpc) is 2.77. The van der Waals surface area contributed by atoms with Gasteiger partial charge in [0, 0.05) is 12.8 Å². The molecule has 4 aromatic rings. The summed E-state index contributed by atoms with van der Waals surface area (Å²) in [7, 11) is 0. The van der Waals surface area contributed by atoms with Gasteiger partial charge in [0.1, 0.15) is 23.0 Å². The molecule has 33 heavy (non-hydrogen) atoms. The molecule has 4 nitrogen and oxygen atoms in total. The third-order valence-electron chi connectivity index (χ3n) is 5.48. The predicted octanol–water partition coefficient (Wildman–Crippen LogP) is 6.46. The van der Waals surface area contributed by atoms with Crippen molar-refractivity contribution >= 4 is 11.8 Å². The van der Waals surface area contributed by atoms with Gasteiger partial charge in [-0.15, -0.1) is 0 Å². The lowest BCUT2D eigenvalue weighted by Crippen LogP contribution is -1.94. The zero-order valence-corrected chi connectivity index (χ0v) is 19.4. The highest BCUT2D eigenvalue weighted by molar-refractivity contribution is 7.99. The quantitative estimate of drug-likeness (QED) is 0.267. The van der Waals surface area contributed by atoms with Gasteiger partial charge in [-0.2, -0.15) is 0 Å². The van der Waals surface area contributed by atoms with Crippen molar-refractivity contribution in [2.75, 3.05) is 0 Å². The number of hydrogen-bond donors (Lipinski definition) is 4. The van der Waals surface area contributed by atoms with Crippen LogP contribution in [0.4, 0.5) is 0 Å². The average molecular weight is 459 g/mol. The molecule has 0 atom stereocenters. The smallest absolute Gasteiger partial charge is 0.133 e. The second-order valence-corrected chi connectivity index (χ2v) is 9.41. The summed E-state index contributed by atoms with van der Waals surface area (Å²) in [6, 6.07) is 21.7. The van der Waals surface area contributed by atoms with Crippen molar-refractivity contribution in [3.63, 3.8) is 0 Å². The van der Waals surface area contributed by atoms with Gasteiger partial charge in [-0.3, -0.25) is 0 Å². The van der Waals surface area contributed by atoms with E-state index >= 15 is 0 Å². The highest BCUT2D eigenvalue weighted by Gasteiger charge is 2.16. The molecule has 4 aromatic carbocycles. The second-order valence-electron chi connectivity index (χ2n) is 8.33. The van der Waals surface area contributed by atoms with Crippen LogP contribution in [0.3, 0.4) is 0 Å². The minimum Gasteiger partial charge on any atom is -0.508 e. The molecule has 0 unspecified atom stereocenters. The Labute approximate surface area is 197 Å². The fourth-order valence-electron chi connectivity index (χ4n) is 3.85. The Kier molecular flexibility index (Phi) is 6.52. The molecular formula is C28H26O4S. The van der Waals surface area contributed by atoms with Crippen LogP contribution in [0, 0.1) is 13.8 Å². The van der Waals surface area contributed by atoms with Crippen LogP contribution < -0.4 is 0 Å². The lowest BCUT2D eigenvalue weighted by molar-refractivity contribution is 0.453. The molecule has 0 spiro atoms. The highest BCUT2D eigenvalue weighted by Crippen LogP contribution is 2.43. The number of phenols is 4. The van der Waals surface area contributed by atoms with E-state index in [1.165, 1.54) is 11.8 Å². The van der Waals surface area contributed by atoms with Crippen LogP contribution in [0.5, 0.6) is 23.0 Å². The van der Waals surface area contributed by atoms with Crippen LogP contribution in [-0.4, -0.2) is 20.4 Å². The molecule has 0 heterocycles. The van der Waals surface area contributed by atoms with Gasteiger partial charge >= 0.3 is 0 Å². The molecule has 0 fully saturated rings. The Morgan fingerprint density at radius 2 is 0.909 bits per heavy atom. The van der Waals surface area contributed by atoms with E-state index in [9.17, 15) is 20.4 Å². The Morgan fingerprint density at radius 1 is 0.545 bits per heavy atom. The maximum absolute atomic E-state index is 11.0. The van der Waals surface area contributed by atoms with Crippen molar-refractivity contribution in [3.05, 3.63) is 106 Å². The number of phenolic OH excluding ortho intramolecular Hbond substituents is 4. The lowest BCUT2D eigenvalue weighted by Gasteiger charge is -2.15. The van der Waals surface area contributed by atoms with Crippen LogP contribution in [0.25, 0.3) is 0 Å². The fourth-order valence-corrected chi connectivity index (χ4v) is 5.03. The maximum Gasteiger partial charge on any atom is 0.133 e. The summed E-state index contributed by atoms with van der Waals surface area (Å²) >= 11 is 1.34. The molecular weight excluding hydrogens is 432 g/mol. The maximum atomic E-state index is 11.0. The molecule has 0 aliphatic rings. The van der Waals surface area contributed by atoms with Gasteiger partial charge in [-0.1, -0.05) is 48.2 Å². The van der Waals surface area contributed by atoms with Gasteiger partial charge < -0.3 is 20.4 Å². The summed E-state index contributed by atoms with van der Waals surface area (Å²) in [5, 5.41) is 41.0. The SMILES string of the molecule is Cc1cc(Cc2ccc(O)cc2)c(O)c(Sc2cc(C)cc(Cc3ccc(O)cc3)c2O)c1.